The van der Waals surface area contributed by atoms with E-state index in [9.17, 15) is 4.79 Å². The molecule has 0 spiro atoms. The molecule has 1 heterocycles. The molecular weight excluding hydrogens is 406 g/mol. The Balaban J connectivity index is 1.78. The van der Waals surface area contributed by atoms with Gasteiger partial charge in [0.2, 0.25) is 0 Å². The highest BCUT2D eigenvalue weighted by Gasteiger charge is 2.20. The van der Waals surface area contributed by atoms with Crippen LogP contribution < -0.4 is 4.74 Å². The van der Waals surface area contributed by atoms with Crippen molar-refractivity contribution in [3.63, 3.8) is 0 Å². The van der Waals surface area contributed by atoms with Crippen LogP contribution >= 0.6 is 22.9 Å². The lowest BCUT2D eigenvalue weighted by Gasteiger charge is -2.24. The first-order valence-corrected chi connectivity index (χ1v) is 10.5. The highest BCUT2D eigenvalue weighted by Crippen LogP contribution is 2.26. The molecule has 152 valence electrons. The van der Waals surface area contributed by atoms with Gasteiger partial charge in [-0.25, -0.2) is 4.98 Å². The number of ether oxygens (including phenoxy) is 1. The minimum Gasteiger partial charge on any atom is -0.497 e. The number of benzene rings is 2. The maximum Gasteiger partial charge on any atom is 0.273 e. The van der Waals surface area contributed by atoms with Crippen molar-refractivity contribution in [2.75, 3.05) is 34.3 Å². The van der Waals surface area contributed by atoms with Crippen LogP contribution in [0.1, 0.15) is 16.1 Å². The lowest BCUT2D eigenvalue weighted by Crippen LogP contribution is -2.36. The van der Waals surface area contributed by atoms with Gasteiger partial charge in [0, 0.05) is 35.6 Å². The van der Waals surface area contributed by atoms with Gasteiger partial charge in [0.05, 0.1) is 7.11 Å². The summed E-state index contributed by atoms with van der Waals surface area (Å²) < 4.78 is 5.20. The molecule has 3 aromatic rings. The van der Waals surface area contributed by atoms with Crippen LogP contribution in [0.5, 0.6) is 5.75 Å². The Bertz CT molecular complexity index is 939. The van der Waals surface area contributed by atoms with E-state index < -0.39 is 0 Å². The van der Waals surface area contributed by atoms with Crippen molar-refractivity contribution < 1.29 is 9.53 Å². The van der Waals surface area contributed by atoms with Crippen LogP contribution in [0.25, 0.3) is 10.6 Å². The molecule has 0 bridgehead atoms. The van der Waals surface area contributed by atoms with Crippen molar-refractivity contribution in [1.29, 1.82) is 0 Å². The Kier molecular flexibility index (Phi) is 7.25. The number of rotatable bonds is 8. The van der Waals surface area contributed by atoms with Crippen LogP contribution in [0, 0.1) is 0 Å². The highest BCUT2D eigenvalue weighted by atomic mass is 35.5. The Morgan fingerprint density at radius 1 is 1.07 bits per heavy atom. The number of thiazole rings is 1. The summed E-state index contributed by atoms with van der Waals surface area (Å²) in [7, 11) is 5.63. The van der Waals surface area contributed by atoms with Gasteiger partial charge in [-0.05, 0) is 56.1 Å². The van der Waals surface area contributed by atoms with E-state index in [-0.39, 0.29) is 5.91 Å². The quantitative estimate of drug-likeness (QED) is 0.521. The third-order valence-corrected chi connectivity index (χ3v) is 5.59. The average molecular weight is 430 g/mol. The minimum absolute atomic E-state index is 0.0715. The molecule has 0 radical (unpaired) electrons. The normalized spacial score (nSPS) is 10.9. The van der Waals surface area contributed by atoms with Crippen molar-refractivity contribution in [2.45, 2.75) is 6.54 Å². The molecule has 0 saturated heterocycles. The van der Waals surface area contributed by atoms with Crippen LogP contribution in [-0.4, -0.2) is 55.0 Å². The second-order valence-corrected chi connectivity index (χ2v) is 8.22. The second-order valence-electron chi connectivity index (χ2n) is 6.92. The standard InChI is InChI=1S/C22H24ClN3O2S/c1-25(2)12-13-26(14-16-4-8-18(23)9-5-16)22(27)20-15-29-21(24-20)17-6-10-19(28-3)11-7-17/h4-11,15H,12-14H2,1-3H3. The molecule has 0 aliphatic carbocycles. The van der Waals surface area contributed by atoms with Gasteiger partial charge in [0.15, 0.2) is 0 Å². The molecule has 0 unspecified atom stereocenters. The van der Waals surface area contributed by atoms with Crippen molar-refractivity contribution in [2.24, 2.45) is 0 Å². The molecule has 0 atom stereocenters. The van der Waals surface area contributed by atoms with E-state index in [1.54, 1.807) is 7.11 Å². The summed E-state index contributed by atoms with van der Waals surface area (Å²) >= 11 is 7.45. The average Bonchev–Trinajstić information content (AvgIpc) is 3.22. The fraction of sp³-hybridized carbons (Fsp3) is 0.273. The topological polar surface area (TPSA) is 45.7 Å². The predicted octanol–water partition coefficient (Wildman–Crippen LogP) is 4.68. The van der Waals surface area contributed by atoms with Crippen molar-refractivity contribution in [3.8, 4) is 16.3 Å². The molecule has 1 aromatic heterocycles. The van der Waals surface area contributed by atoms with Crippen LogP contribution in [0.2, 0.25) is 5.02 Å². The number of hydrogen-bond donors (Lipinski definition) is 0. The number of methoxy groups -OCH3 is 1. The SMILES string of the molecule is COc1ccc(-c2nc(C(=O)N(CCN(C)C)Cc3ccc(Cl)cc3)cs2)cc1. The highest BCUT2D eigenvalue weighted by molar-refractivity contribution is 7.13. The first-order chi connectivity index (χ1) is 14.0. The van der Waals surface area contributed by atoms with Crippen LogP contribution in [0.3, 0.4) is 0 Å². The molecule has 0 aliphatic rings. The zero-order valence-corrected chi connectivity index (χ0v) is 18.3. The van der Waals surface area contributed by atoms with Gasteiger partial charge in [-0.3, -0.25) is 4.79 Å². The molecule has 0 saturated carbocycles. The van der Waals surface area contributed by atoms with E-state index in [4.69, 9.17) is 16.3 Å². The number of carbonyl (C=O) groups excluding carboxylic acids is 1. The number of nitrogens with zero attached hydrogens (tertiary/aromatic N) is 3. The molecule has 0 aliphatic heterocycles. The van der Waals surface area contributed by atoms with Gasteiger partial charge in [-0.15, -0.1) is 11.3 Å². The maximum atomic E-state index is 13.2. The van der Waals surface area contributed by atoms with Crippen molar-refractivity contribution >= 4 is 28.8 Å². The summed E-state index contributed by atoms with van der Waals surface area (Å²) in [5, 5.41) is 3.32. The predicted molar refractivity (Wildman–Crippen MR) is 119 cm³/mol. The van der Waals surface area contributed by atoms with Gasteiger partial charge in [0.1, 0.15) is 16.5 Å². The molecular formula is C22H24ClN3O2S. The molecule has 3 rings (SSSR count). The summed E-state index contributed by atoms with van der Waals surface area (Å²) in [6.45, 7) is 1.90. The van der Waals surface area contributed by atoms with Gasteiger partial charge < -0.3 is 14.5 Å². The number of amides is 1. The van der Waals surface area contributed by atoms with Crippen molar-refractivity contribution in [3.05, 3.63) is 70.2 Å². The molecule has 0 N–H and O–H groups in total. The Morgan fingerprint density at radius 3 is 2.38 bits per heavy atom. The second kappa shape index (κ2) is 9.87. The van der Waals surface area contributed by atoms with E-state index in [1.165, 1.54) is 11.3 Å². The lowest BCUT2D eigenvalue weighted by atomic mass is 10.2. The number of carbonyl (C=O) groups is 1. The number of hydrogen-bond acceptors (Lipinski definition) is 5. The van der Waals surface area contributed by atoms with E-state index >= 15 is 0 Å². The first kappa shape index (κ1) is 21.3. The fourth-order valence-electron chi connectivity index (χ4n) is 2.78. The van der Waals surface area contributed by atoms with Crippen LogP contribution in [0.15, 0.2) is 53.9 Å². The molecule has 0 fully saturated rings. The third-order valence-electron chi connectivity index (χ3n) is 4.45. The summed E-state index contributed by atoms with van der Waals surface area (Å²) in [4.78, 5) is 21.7. The van der Waals surface area contributed by atoms with Crippen LogP contribution in [-0.2, 0) is 6.54 Å². The molecule has 5 nitrogen and oxygen atoms in total. The van der Waals surface area contributed by atoms with E-state index in [2.05, 4.69) is 9.88 Å². The largest absolute Gasteiger partial charge is 0.497 e. The zero-order chi connectivity index (χ0) is 20.8. The van der Waals surface area contributed by atoms with Gasteiger partial charge >= 0.3 is 0 Å². The molecule has 2 aromatic carbocycles. The Morgan fingerprint density at radius 2 is 1.76 bits per heavy atom. The van der Waals surface area contributed by atoms with Crippen LogP contribution in [0.4, 0.5) is 0 Å². The molecule has 1 amide bonds. The summed E-state index contributed by atoms with van der Waals surface area (Å²) in [5.74, 6) is 0.720. The van der Waals surface area contributed by atoms with Gasteiger partial charge in [-0.2, -0.15) is 0 Å². The number of halogens is 1. The molecule has 7 heteroatoms. The van der Waals surface area contributed by atoms with E-state index in [1.807, 2.05) is 72.9 Å². The summed E-state index contributed by atoms with van der Waals surface area (Å²) in [6.07, 6.45) is 0. The van der Waals surface area contributed by atoms with E-state index in [0.717, 1.165) is 28.4 Å². The van der Waals surface area contributed by atoms with Crippen molar-refractivity contribution in [1.82, 2.24) is 14.8 Å². The number of likely N-dealkylation sites (N-methyl/N-ethyl adjacent to an activating group) is 1. The summed E-state index contributed by atoms with van der Waals surface area (Å²) in [6, 6.07) is 15.3. The fourth-order valence-corrected chi connectivity index (χ4v) is 3.71. The lowest BCUT2D eigenvalue weighted by molar-refractivity contribution is 0.0727. The van der Waals surface area contributed by atoms with E-state index in [0.29, 0.717) is 23.8 Å². The summed E-state index contributed by atoms with van der Waals surface area (Å²) in [5.41, 5.74) is 2.47. The Labute approximate surface area is 180 Å². The maximum absolute atomic E-state index is 13.2. The first-order valence-electron chi connectivity index (χ1n) is 9.24. The third kappa shape index (κ3) is 5.79. The Hall–Kier alpha value is -2.41. The minimum atomic E-state index is -0.0715. The molecule has 29 heavy (non-hydrogen) atoms. The number of aromatic nitrogens is 1. The zero-order valence-electron chi connectivity index (χ0n) is 16.8. The van der Waals surface area contributed by atoms with Gasteiger partial charge in [0.25, 0.3) is 5.91 Å². The monoisotopic (exact) mass is 429 g/mol. The van der Waals surface area contributed by atoms with Gasteiger partial charge in [-0.1, -0.05) is 23.7 Å². The smallest absolute Gasteiger partial charge is 0.273 e.